The fourth-order valence-electron chi connectivity index (χ4n) is 0.313. The maximum absolute atomic E-state index is 4.99. The summed E-state index contributed by atoms with van der Waals surface area (Å²) in [6, 6.07) is 5.72. The summed E-state index contributed by atoms with van der Waals surface area (Å²) in [5.74, 6) is 0. The summed E-state index contributed by atoms with van der Waals surface area (Å²) < 4.78 is 0. The molecule has 0 saturated heterocycles. The van der Waals surface area contributed by atoms with Crippen molar-refractivity contribution >= 4 is 28.6 Å². The number of hydrogen-bond donors (Lipinski definition) is 0. The van der Waals surface area contributed by atoms with Crippen molar-refractivity contribution in [1.82, 2.24) is 4.98 Å². The smallest absolute Gasteiger partial charge is 0.0267 e. The van der Waals surface area contributed by atoms with E-state index in [9.17, 15) is 0 Å². The monoisotopic (exact) mass is 371 g/mol. The number of hydrogen-bond acceptors (Lipinski definition) is 1. The minimum absolute atomic E-state index is 1.75. The Morgan fingerprint density at radius 2 is 1.30 bits per heavy atom. The molecule has 0 aliphatic heterocycles. The van der Waals surface area contributed by atoms with E-state index in [1.165, 1.54) is 0 Å². The molecule has 0 atom stereocenters. The molecule has 0 radical (unpaired) electrons. The largest absolute Gasteiger partial charge is 0.265 e. The first-order chi connectivity index (χ1) is 4.73. The van der Waals surface area contributed by atoms with E-state index in [-0.39, 0.29) is 0 Å². The predicted octanol–water partition coefficient (Wildman–Crippen LogP) is 3.15. The number of halogens is 3. The molecule has 0 bridgehead atoms. The Labute approximate surface area is 77.5 Å². The molecule has 0 N–H and O–H groups in total. The fourth-order valence-corrected chi connectivity index (χ4v) is 0.313. The third-order valence-electron chi connectivity index (χ3n) is 0.566. The van der Waals surface area contributed by atoms with Crippen LogP contribution in [0.25, 0.3) is 0 Å². The molecule has 1 nitrogen and oxygen atoms in total. The fraction of sp³-hybridized carbons (Fsp3) is 0. The summed E-state index contributed by atoms with van der Waals surface area (Å²) in [6.07, 6.45) is 3.50. The molecule has 0 aliphatic carbocycles. The van der Waals surface area contributed by atoms with Crippen molar-refractivity contribution in [3.8, 4) is 0 Å². The van der Waals surface area contributed by atoms with Gasteiger partial charge in [0.05, 0.1) is 0 Å². The Hall–Kier alpha value is 0.682. The molecule has 58 valence electrons. The molecule has 1 aromatic heterocycles. The van der Waals surface area contributed by atoms with Gasteiger partial charge in [-0.05, 0) is 12.1 Å². The van der Waals surface area contributed by atoms with Crippen LogP contribution in [0.15, 0.2) is 30.6 Å². The van der Waals surface area contributed by atoms with Gasteiger partial charge < -0.3 is 0 Å². The zero-order valence-electron chi connectivity index (χ0n) is 4.85. The van der Waals surface area contributed by atoms with Crippen molar-refractivity contribution in [3.63, 3.8) is 0 Å². The Morgan fingerprint density at radius 3 is 1.40 bits per heavy atom. The summed E-state index contributed by atoms with van der Waals surface area (Å²) >= 11 is -2.05. The number of aromatic nitrogens is 1. The first-order valence-corrected chi connectivity index (χ1v) is 12.4. The van der Waals surface area contributed by atoms with Gasteiger partial charge in [-0.2, -0.15) is 0 Å². The van der Waals surface area contributed by atoms with Crippen LogP contribution in [0.1, 0.15) is 0 Å². The minimum Gasteiger partial charge on any atom is -0.265 e. The van der Waals surface area contributed by atoms with Crippen LogP contribution >= 0.6 is 28.6 Å². The van der Waals surface area contributed by atoms with E-state index in [0.717, 1.165) is 0 Å². The number of pyridine rings is 1. The quantitative estimate of drug-likeness (QED) is 0.683. The van der Waals surface area contributed by atoms with Gasteiger partial charge in [0.15, 0.2) is 0 Å². The molecule has 1 aromatic rings. The van der Waals surface area contributed by atoms with Crippen LogP contribution in [-0.4, -0.2) is 4.98 Å². The van der Waals surface area contributed by atoms with Crippen LogP contribution in [0.3, 0.4) is 0 Å². The second-order valence-corrected chi connectivity index (χ2v) is 13.0. The van der Waals surface area contributed by atoms with Crippen LogP contribution in [0, 0.1) is 0 Å². The summed E-state index contributed by atoms with van der Waals surface area (Å²) in [5.41, 5.74) is 0. The van der Waals surface area contributed by atoms with Gasteiger partial charge in [0, 0.05) is 12.4 Å². The van der Waals surface area contributed by atoms with Gasteiger partial charge in [-0.3, -0.25) is 4.98 Å². The normalized spacial score (nSPS) is 9.30. The van der Waals surface area contributed by atoms with E-state index in [2.05, 4.69) is 4.98 Å². The maximum atomic E-state index is 4.99. The minimum atomic E-state index is -2.05. The number of rotatable bonds is 0. The first kappa shape index (κ1) is 10.7. The molecule has 0 spiro atoms. The van der Waals surface area contributed by atoms with Gasteiger partial charge in [0.25, 0.3) is 0 Å². The molecule has 0 saturated carbocycles. The van der Waals surface area contributed by atoms with Crippen LogP contribution < -0.4 is 0 Å². The van der Waals surface area contributed by atoms with Gasteiger partial charge in [-0.1, -0.05) is 6.07 Å². The SMILES string of the molecule is [Cl][Re]([Cl])[Cl].c1ccncc1. The van der Waals surface area contributed by atoms with E-state index in [1.54, 1.807) is 12.4 Å². The predicted molar refractivity (Wildman–Crippen MR) is 41.8 cm³/mol. The van der Waals surface area contributed by atoms with Crippen LogP contribution in [0.2, 0.25) is 0 Å². The van der Waals surface area contributed by atoms with Crippen LogP contribution in [0.5, 0.6) is 0 Å². The van der Waals surface area contributed by atoms with E-state index < -0.39 is 13.7 Å². The van der Waals surface area contributed by atoms with Gasteiger partial charge in [-0.15, -0.1) is 0 Å². The second-order valence-electron chi connectivity index (χ2n) is 1.19. The topological polar surface area (TPSA) is 12.9 Å². The second kappa shape index (κ2) is 7.79. The average Bonchev–Trinajstić information content (AvgIpc) is 1.90. The molecule has 1 heterocycles. The molecular formula is C5H5Cl3NRe. The Balaban J connectivity index is 0.000000180. The first-order valence-electron chi connectivity index (χ1n) is 2.28. The van der Waals surface area contributed by atoms with Crippen molar-refractivity contribution in [1.29, 1.82) is 0 Å². The van der Waals surface area contributed by atoms with Crippen molar-refractivity contribution in [2.45, 2.75) is 0 Å². The van der Waals surface area contributed by atoms with Crippen molar-refractivity contribution in [2.75, 3.05) is 0 Å². The van der Waals surface area contributed by atoms with Crippen molar-refractivity contribution in [2.24, 2.45) is 0 Å². The van der Waals surface area contributed by atoms with E-state index >= 15 is 0 Å². The van der Waals surface area contributed by atoms with Crippen molar-refractivity contribution < 1.29 is 13.7 Å². The molecule has 0 aliphatic rings. The van der Waals surface area contributed by atoms with E-state index in [4.69, 9.17) is 28.6 Å². The molecule has 5 heteroatoms. The van der Waals surface area contributed by atoms with Crippen molar-refractivity contribution in [3.05, 3.63) is 30.6 Å². The summed E-state index contributed by atoms with van der Waals surface area (Å²) in [4.78, 5) is 3.78. The molecule has 0 fully saturated rings. The molecule has 0 unspecified atom stereocenters. The summed E-state index contributed by atoms with van der Waals surface area (Å²) in [5, 5.41) is 0. The third-order valence-corrected chi connectivity index (χ3v) is 0.566. The van der Waals surface area contributed by atoms with Gasteiger partial charge in [-0.25, -0.2) is 0 Å². The number of nitrogens with zero attached hydrogens (tertiary/aromatic N) is 1. The summed E-state index contributed by atoms with van der Waals surface area (Å²) in [7, 11) is 15.0. The van der Waals surface area contributed by atoms with Gasteiger partial charge in [0.1, 0.15) is 0 Å². The Bertz CT molecular complexity index is 117. The van der Waals surface area contributed by atoms with Crippen LogP contribution in [0.4, 0.5) is 0 Å². The molecule has 10 heavy (non-hydrogen) atoms. The Morgan fingerprint density at radius 1 is 0.900 bits per heavy atom. The molecule has 1 rings (SSSR count). The van der Waals surface area contributed by atoms with Crippen LogP contribution in [-0.2, 0) is 13.7 Å². The average molecular weight is 372 g/mol. The molecule has 0 amide bonds. The Kier molecular flexibility index (Phi) is 8.32. The van der Waals surface area contributed by atoms with Gasteiger partial charge in [0.2, 0.25) is 0 Å². The zero-order chi connectivity index (χ0) is 7.82. The summed E-state index contributed by atoms with van der Waals surface area (Å²) in [6.45, 7) is 0. The standard InChI is InChI=1S/C5H5N.3ClH.Re/c1-2-4-6-5-3-1;;;;/h1-5H;3*1H;/q;;;;+3/p-3. The maximum Gasteiger partial charge on any atom is 0.0267 e. The molecular weight excluding hydrogens is 367 g/mol. The van der Waals surface area contributed by atoms with E-state index in [0.29, 0.717) is 0 Å². The van der Waals surface area contributed by atoms with Gasteiger partial charge >= 0.3 is 42.3 Å². The van der Waals surface area contributed by atoms with E-state index in [1.807, 2.05) is 18.2 Å². The zero-order valence-corrected chi connectivity index (χ0v) is 9.83. The molecule has 0 aromatic carbocycles. The third kappa shape index (κ3) is 11.5.